The van der Waals surface area contributed by atoms with Crippen molar-refractivity contribution in [2.75, 3.05) is 13.7 Å². The third-order valence-corrected chi connectivity index (χ3v) is 3.22. The van der Waals surface area contributed by atoms with E-state index in [1.807, 2.05) is 55.5 Å². The Labute approximate surface area is 131 Å². The smallest absolute Gasteiger partial charge is 0.224 e. The van der Waals surface area contributed by atoms with Crippen LogP contribution in [-0.2, 0) is 17.8 Å². The highest BCUT2D eigenvalue weighted by Crippen LogP contribution is 2.14. The Hall–Kier alpha value is -2.49. The van der Waals surface area contributed by atoms with Gasteiger partial charge in [-0.05, 0) is 42.3 Å². The van der Waals surface area contributed by atoms with Gasteiger partial charge in [0.15, 0.2) is 0 Å². The predicted octanol–water partition coefficient (Wildman–Crippen LogP) is 2.95. The van der Waals surface area contributed by atoms with Crippen LogP contribution in [0.5, 0.6) is 11.5 Å². The predicted molar refractivity (Wildman–Crippen MR) is 86.2 cm³/mol. The van der Waals surface area contributed by atoms with Gasteiger partial charge in [-0.25, -0.2) is 0 Å². The Morgan fingerprint density at radius 2 is 1.82 bits per heavy atom. The highest BCUT2D eigenvalue weighted by molar-refractivity contribution is 5.78. The summed E-state index contributed by atoms with van der Waals surface area (Å²) in [5, 5.41) is 2.92. The maximum atomic E-state index is 12.0. The third-order valence-electron chi connectivity index (χ3n) is 3.22. The van der Waals surface area contributed by atoms with E-state index in [4.69, 9.17) is 9.47 Å². The molecule has 4 nitrogen and oxygen atoms in total. The number of hydrogen-bond donors (Lipinski definition) is 1. The van der Waals surface area contributed by atoms with Crippen molar-refractivity contribution in [1.29, 1.82) is 0 Å². The van der Waals surface area contributed by atoms with Gasteiger partial charge in [-0.2, -0.15) is 0 Å². The van der Waals surface area contributed by atoms with E-state index in [1.165, 1.54) is 0 Å². The van der Waals surface area contributed by atoms with Crippen LogP contribution >= 0.6 is 0 Å². The van der Waals surface area contributed by atoms with Crippen molar-refractivity contribution in [1.82, 2.24) is 5.32 Å². The topological polar surface area (TPSA) is 47.6 Å². The van der Waals surface area contributed by atoms with Gasteiger partial charge in [0, 0.05) is 6.54 Å². The minimum atomic E-state index is -0.00743. The molecule has 0 bridgehead atoms. The zero-order chi connectivity index (χ0) is 15.8. The molecule has 116 valence electrons. The molecule has 2 aromatic carbocycles. The summed E-state index contributed by atoms with van der Waals surface area (Å²) in [6, 6.07) is 15.3. The van der Waals surface area contributed by atoms with Crippen LogP contribution < -0.4 is 14.8 Å². The van der Waals surface area contributed by atoms with Gasteiger partial charge in [0.1, 0.15) is 11.5 Å². The zero-order valence-electron chi connectivity index (χ0n) is 13.0. The molecule has 0 atom stereocenters. The highest BCUT2D eigenvalue weighted by Gasteiger charge is 2.04. The molecule has 22 heavy (non-hydrogen) atoms. The first kappa shape index (κ1) is 15.9. The van der Waals surface area contributed by atoms with Crippen molar-refractivity contribution in [2.24, 2.45) is 0 Å². The van der Waals surface area contributed by atoms with Crippen LogP contribution in [0, 0.1) is 0 Å². The number of nitrogens with one attached hydrogen (secondary N) is 1. The SMILES string of the molecule is CCOc1cccc(CNC(=O)Cc2ccc(OC)cc2)c1. The third kappa shape index (κ3) is 4.81. The molecule has 2 aromatic rings. The van der Waals surface area contributed by atoms with Gasteiger partial charge in [0.05, 0.1) is 20.1 Å². The standard InChI is InChI=1S/C18H21NO3/c1-3-22-17-6-4-5-15(11-17)13-19-18(20)12-14-7-9-16(21-2)10-8-14/h4-11H,3,12-13H2,1-2H3,(H,19,20). The minimum Gasteiger partial charge on any atom is -0.497 e. The Balaban J connectivity index is 1.85. The van der Waals surface area contributed by atoms with Gasteiger partial charge in [0.25, 0.3) is 0 Å². The lowest BCUT2D eigenvalue weighted by molar-refractivity contribution is -0.120. The minimum absolute atomic E-state index is 0.00743. The van der Waals surface area contributed by atoms with Crippen LogP contribution in [0.15, 0.2) is 48.5 Å². The first-order valence-corrected chi connectivity index (χ1v) is 7.32. The number of carbonyl (C=O) groups is 1. The van der Waals surface area contributed by atoms with Crippen molar-refractivity contribution < 1.29 is 14.3 Å². The molecule has 0 saturated carbocycles. The van der Waals surface area contributed by atoms with E-state index < -0.39 is 0 Å². The lowest BCUT2D eigenvalue weighted by Gasteiger charge is -2.08. The van der Waals surface area contributed by atoms with E-state index >= 15 is 0 Å². The lowest BCUT2D eigenvalue weighted by atomic mass is 10.1. The first-order chi connectivity index (χ1) is 10.7. The van der Waals surface area contributed by atoms with Gasteiger partial charge >= 0.3 is 0 Å². The average molecular weight is 299 g/mol. The second-order valence-electron chi connectivity index (χ2n) is 4.88. The summed E-state index contributed by atoms with van der Waals surface area (Å²) >= 11 is 0. The number of amides is 1. The molecular weight excluding hydrogens is 278 g/mol. The number of hydrogen-bond acceptors (Lipinski definition) is 3. The maximum absolute atomic E-state index is 12.0. The molecular formula is C18H21NO3. The van der Waals surface area contributed by atoms with Crippen molar-refractivity contribution in [3.8, 4) is 11.5 Å². The molecule has 1 N–H and O–H groups in total. The molecule has 2 rings (SSSR count). The molecule has 0 radical (unpaired) electrons. The van der Waals surface area contributed by atoms with E-state index in [9.17, 15) is 4.79 Å². The molecule has 0 aliphatic carbocycles. The van der Waals surface area contributed by atoms with Crippen LogP contribution in [0.4, 0.5) is 0 Å². The normalized spacial score (nSPS) is 10.1. The van der Waals surface area contributed by atoms with Crippen LogP contribution in [0.25, 0.3) is 0 Å². The summed E-state index contributed by atoms with van der Waals surface area (Å²) in [5.74, 6) is 1.60. The Bertz CT molecular complexity index is 608. The van der Waals surface area contributed by atoms with Gasteiger partial charge < -0.3 is 14.8 Å². The van der Waals surface area contributed by atoms with Crippen molar-refractivity contribution in [3.63, 3.8) is 0 Å². The van der Waals surface area contributed by atoms with E-state index in [-0.39, 0.29) is 5.91 Å². The molecule has 0 aromatic heterocycles. The maximum Gasteiger partial charge on any atom is 0.224 e. The van der Waals surface area contributed by atoms with E-state index in [1.54, 1.807) is 7.11 Å². The number of ether oxygens (including phenoxy) is 2. The largest absolute Gasteiger partial charge is 0.497 e. The summed E-state index contributed by atoms with van der Waals surface area (Å²) in [5.41, 5.74) is 1.98. The molecule has 1 amide bonds. The molecule has 0 unspecified atom stereocenters. The molecule has 0 saturated heterocycles. The van der Waals surface area contributed by atoms with Gasteiger partial charge in [-0.3, -0.25) is 4.79 Å². The summed E-state index contributed by atoms with van der Waals surface area (Å²) in [7, 11) is 1.62. The Morgan fingerprint density at radius 1 is 1.05 bits per heavy atom. The summed E-state index contributed by atoms with van der Waals surface area (Å²) in [6.45, 7) is 3.08. The molecule has 0 spiro atoms. The van der Waals surface area contributed by atoms with Crippen LogP contribution in [0.1, 0.15) is 18.1 Å². The van der Waals surface area contributed by atoms with Crippen LogP contribution in [-0.4, -0.2) is 19.6 Å². The zero-order valence-corrected chi connectivity index (χ0v) is 13.0. The Kier molecular flexibility index (Phi) is 5.83. The summed E-state index contributed by atoms with van der Waals surface area (Å²) in [4.78, 5) is 12.0. The second-order valence-corrected chi connectivity index (χ2v) is 4.88. The molecule has 0 heterocycles. The Morgan fingerprint density at radius 3 is 2.50 bits per heavy atom. The van der Waals surface area contributed by atoms with Crippen LogP contribution in [0.3, 0.4) is 0 Å². The van der Waals surface area contributed by atoms with Gasteiger partial charge in [0.2, 0.25) is 5.91 Å². The molecule has 0 aliphatic heterocycles. The van der Waals surface area contributed by atoms with E-state index in [2.05, 4.69) is 5.32 Å². The number of benzene rings is 2. The summed E-state index contributed by atoms with van der Waals surface area (Å²) in [6.07, 6.45) is 0.356. The van der Waals surface area contributed by atoms with Crippen molar-refractivity contribution >= 4 is 5.91 Å². The second kappa shape index (κ2) is 8.08. The fourth-order valence-electron chi connectivity index (χ4n) is 2.10. The fraction of sp³-hybridized carbons (Fsp3) is 0.278. The number of carbonyl (C=O) groups excluding carboxylic acids is 1. The van der Waals surface area contributed by atoms with Crippen molar-refractivity contribution in [2.45, 2.75) is 19.9 Å². The van der Waals surface area contributed by atoms with Crippen molar-refractivity contribution in [3.05, 3.63) is 59.7 Å². The van der Waals surface area contributed by atoms with Gasteiger partial charge in [-0.15, -0.1) is 0 Å². The average Bonchev–Trinajstić information content (AvgIpc) is 2.54. The van der Waals surface area contributed by atoms with E-state index in [0.29, 0.717) is 19.6 Å². The quantitative estimate of drug-likeness (QED) is 0.855. The fourth-order valence-corrected chi connectivity index (χ4v) is 2.10. The first-order valence-electron chi connectivity index (χ1n) is 7.32. The van der Waals surface area contributed by atoms with Crippen LogP contribution in [0.2, 0.25) is 0 Å². The lowest BCUT2D eigenvalue weighted by Crippen LogP contribution is -2.24. The molecule has 4 heteroatoms. The summed E-state index contributed by atoms with van der Waals surface area (Å²) < 4.78 is 10.5. The number of methoxy groups -OCH3 is 1. The molecule has 0 aliphatic rings. The van der Waals surface area contributed by atoms with Gasteiger partial charge in [-0.1, -0.05) is 24.3 Å². The molecule has 0 fully saturated rings. The highest BCUT2D eigenvalue weighted by atomic mass is 16.5. The monoisotopic (exact) mass is 299 g/mol. The number of rotatable bonds is 7. The van der Waals surface area contributed by atoms with E-state index in [0.717, 1.165) is 22.6 Å².